The molecule has 20 heavy (non-hydrogen) atoms. The van der Waals surface area contributed by atoms with Gasteiger partial charge in [0.05, 0.1) is 4.83 Å². The fourth-order valence-corrected chi connectivity index (χ4v) is 2.10. The van der Waals surface area contributed by atoms with Crippen molar-refractivity contribution in [2.75, 3.05) is 14.1 Å². The van der Waals surface area contributed by atoms with Crippen molar-refractivity contribution >= 4 is 27.7 Å². The molecule has 1 aromatic rings. The molecule has 0 saturated heterocycles. The first-order valence-corrected chi connectivity index (χ1v) is 7.48. The molecule has 1 aromatic carbocycles. The standard InChI is InChI=1S/C15H21BrN2O2/c1-10(2)13(16)15(20)18(4)9-11-5-7-12(8-6-11)14(19)17-3/h5-8,10,13H,9H2,1-4H3,(H,17,19). The molecule has 0 heterocycles. The molecule has 2 amide bonds. The van der Waals surface area contributed by atoms with Crippen molar-refractivity contribution in [3.05, 3.63) is 35.4 Å². The van der Waals surface area contributed by atoms with Crippen LogP contribution in [0, 0.1) is 5.92 Å². The summed E-state index contributed by atoms with van der Waals surface area (Å²) in [6.45, 7) is 4.54. The smallest absolute Gasteiger partial charge is 0.251 e. The van der Waals surface area contributed by atoms with Gasteiger partial charge in [-0.25, -0.2) is 0 Å². The Morgan fingerprint density at radius 1 is 1.25 bits per heavy atom. The van der Waals surface area contributed by atoms with Crippen LogP contribution in [0.5, 0.6) is 0 Å². The molecule has 0 fully saturated rings. The third-order valence-corrected chi connectivity index (χ3v) is 4.51. The molecule has 5 heteroatoms. The van der Waals surface area contributed by atoms with Gasteiger partial charge in [0.25, 0.3) is 5.91 Å². The maximum Gasteiger partial charge on any atom is 0.251 e. The summed E-state index contributed by atoms with van der Waals surface area (Å²) in [7, 11) is 3.39. The van der Waals surface area contributed by atoms with E-state index in [4.69, 9.17) is 0 Å². The minimum atomic E-state index is -0.169. The molecule has 0 aromatic heterocycles. The van der Waals surface area contributed by atoms with Gasteiger partial charge in [0.1, 0.15) is 0 Å². The Bertz CT molecular complexity index is 471. The van der Waals surface area contributed by atoms with E-state index in [9.17, 15) is 9.59 Å². The number of benzene rings is 1. The van der Waals surface area contributed by atoms with Crippen LogP contribution in [0.3, 0.4) is 0 Å². The molecule has 1 unspecified atom stereocenters. The summed E-state index contributed by atoms with van der Waals surface area (Å²) < 4.78 is 0. The van der Waals surface area contributed by atoms with Crippen LogP contribution < -0.4 is 5.32 Å². The average Bonchev–Trinajstić information content (AvgIpc) is 2.45. The van der Waals surface area contributed by atoms with E-state index in [0.717, 1.165) is 5.56 Å². The zero-order valence-electron chi connectivity index (χ0n) is 12.3. The summed E-state index contributed by atoms with van der Waals surface area (Å²) in [4.78, 5) is 25.1. The van der Waals surface area contributed by atoms with Crippen LogP contribution in [0.2, 0.25) is 0 Å². The molecule has 0 aliphatic heterocycles. The molecule has 0 bridgehead atoms. The summed E-state index contributed by atoms with van der Waals surface area (Å²) in [6.07, 6.45) is 0. The van der Waals surface area contributed by atoms with Crippen molar-refractivity contribution in [1.82, 2.24) is 10.2 Å². The number of alkyl halides is 1. The molecular formula is C15H21BrN2O2. The largest absolute Gasteiger partial charge is 0.355 e. The predicted molar refractivity (Wildman–Crippen MR) is 83.9 cm³/mol. The summed E-state index contributed by atoms with van der Waals surface area (Å²) in [5, 5.41) is 2.58. The first-order valence-electron chi connectivity index (χ1n) is 6.57. The SMILES string of the molecule is CNC(=O)c1ccc(CN(C)C(=O)C(Br)C(C)C)cc1. The second-order valence-corrected chi connectivity index (χ2v) is 6.10. The Labute approximate surface area is 128 Å². The van der Waals surface area contributed by atoms with Gasteiger partial charge >= 0.3 is 0 Å². The Kier molecular flexibility index (Phi) is 6.20. The van der Waals surface area contributed by atoms with Gasteiger partial charge in [-0.2, -0.15) is 0 Å². The van der Waals surface area contributed by atoms with Crippen molar-refractivity contribution in [3.8, 4) is 0 Å². The van der Waals surface area contributed by atoms with Crippen molar-refractivity contribution in [1.29, 1.82) is 0 Å². The topological polar surface area (TPSA) is 49.4 Å². The van der Waals surface area contributed by atoms with E-state index in [1.165, 1.54) is 0 Å². The van der Waals surface area contributed by atoms with Crippen LogP contribution in [-0.2, 0) is 11.3 Å². The summed E-state index contributed by atoms with van der Waals surface area (Å²) in [6, 6.07) is 7.26. The van der Waals surface area contributed by atoms with Gasteiger partial charge in [0, 0.05) is 26.2 Å². The molecule has 1 atom stereocenters. The lowest BCUT2D eigenvalue weighted by Crippen LogP contribution is -2.35. The minimum Gasteiger partial charge on any atom is -0.355 e. The highest BCUT2D eigenvalue weighted by Crippen LogP contribution is 2.16. The van der Waals surface area contributed by atoms with E-state index < -0.39 is 0 Å². The highest BCUT2D eigenvalue weighted by atomic mass is 79.9. The fraction of sp³-hybridized carbons (Fsp3) is 0.467. The van der Waals surface area contributed by atoms with Gasteiger partial charge in [0.15, 0.2) is 0 Å². The van der Waals surface area contributed by atoms with Crippen molar-refractivity contribution in [3.63, 3.8) is 0 Å². The van der Waals surface area contributed by atoms with Crippen LogP contribution in [-0.4, -0.2) is 35.6 Å². The lowest BCUT2D eigenvalue weighted by Gasteiger charge is -2.22. The van der Waals surface area contributed by atoms with Crippen LogP contribution in [0.25, 0.3) is 0 Å². The van der Waals surface area contributed by atoms with E-state index in [0.29, 0.717) is 12.1 Å². The normalized spacial score (nSPS) is 12.1. The zero-order valence-corrected chi connectivity index (χ0v) is 13.9. The first kappa shape index (κ1) is 16.7. The van der Waals surface area contributed by atoms with Crippen LogP contribution in [0.15, 0.2) is 24.3 Å². The molecule has 0 saturated carbocycles. The number of carbonyl (C=O) groups is 2. The van der Waals surface area contributed by atoms with Crippen LogP contribution in [0.1, 0.15) is 29.8 Å². The fourth-order valence-electron chi connectivity index (χ4n) is 1.75. The number of carbonyl (C=O) groups excluding carboxylic acids is 2. The van der Waals surface area contributed by atoms with E-state index in [1.54, 1.807) is 31.1 Å². The molecule has 0 radical (unpaired) electrons. The van der Waals surface area contributed by atoms with Crippen molar-refractivity contribution < 1.29 is 9.59 Å². The van der Waals surface area contributed by atoms with E-state index in [-0.39, 0.29) is 22.6 Å². The van der Waals surface area contributed by atoms with Gasteiger partial charge in [0.2, 0.25) is 5.91 Å². The van der Waals surface area contributed by atoms with Gasteiger partial charge in [-0.05, 0) is 23.6 Å². The molecule has 0 aliphatic carbocycles. The zero-order chi connectivity index (χ0) is 15.3. The van der Waals surface area contributed by atoms with Crippen LogP contribution >= 0.6 is 15.9 Å². The predicted octanol–water partition coefficient (Wildman–Crippen LogP) is 2.42. The third-order valence-electron chi connectivity index (χ3n) is 3.06. The van der Waals surface area contributed by atoms with Crippen LogP contribution in [0.4, 0.5) is 0 Å². The van der Waals surface area contributed by atoms with Gasteiger partial charge in [-0.15, -0.1) is 0 Å². The number of hydrogen-bond donors (Lipinski definition) is 1. The number of halogens is 1. The molecule has 4 nitrogen and oxygen atoms in total. The Hall–Kier alpha value is -1.36. The highest BCUT2D eigenvalue weighted by molar-refractivity contribution is 9.10. The lowest BCUT2D eigenvalue weighted by atomic mass is 10.1. The Morgan fingerprint density at radius 2 is 1.80 bits per heavy atom. The Morgan fingerprint density at radius 3 is 2.25 bits per heavy atom. The van der Waals surface area contributed by atoms with Gasteiger partial charge in [-0.1, -0.05) is 41.9 Å². The number of hydrogen-bond acceptors (Lipinski definition) is 2. The molecular weight excluding hydrogens is 320 g/mol. The number of nitrogens with one attached hydrogen (secondary N) is 1. The summed E-state index contributed by atoms with van der Waals surface area (Å²) >= 11 is 3.42. The number of nitrogens with zero attached hydrogens (tertiary/aromatic N) is 1. The molecule has 1 rings (SSSR count). The molecule has 0 spiro atoms. The average molecular weight is 341 g/mol. The van der Waals surface area contributed by atoms with E-state index >= 15 is 0 Å². The van der Waals surface area contributed by atoms with Crippen molar-refractivity contribution in [2.24, 2.45) is 5.92 Å². The number of rotatable bonds is 5. The summed E-state index contributed by atoms with van der Waals surface area (Å²) in [5.74, 6) is 0.206. The monoisotopic (exact) mass is 340 g/mol. The van der Waals surface area contributed by atoms with Gasteiger partial charge < -0.3 is 10.2 Å². The van der Waals surface area contributed by atoms with Crippen molar-refractivity contribution in [2.45, 2.75) is 25.2 Å². The second kappa shape index (κ2) is 7.43. The first-order chi connectivity index (χ1) is 9.36. The van der Waals surface area contributed by atoms with E-state index in [2.05, 4.69) is 21.2 Å². The Balaban J connectivity index is 2.69. The lowest BCUT2D eigenvalue weighted by molar-refractivity contribution is -0.130. The van der Waals surface area contributed by atoms with E-state index in [1.807, 2.05) is 26.0 Å². The third kappa shape index (κ3) is 4.34. The second-order valence-electron chi connectivity index (χ2n) is 5.12. The minimum absolute atomic E-state index is 0.0652. The summed E-state index contributed by atoms with van der Waals surface area (Å²) in [5.41, 5.74) is 1.61. The molecule has 0 aliphatic rings. The highest BCUT2D eigenvalue weighted by Gasteiger charge is 2.22. The molecule has 1 N–H and O–H groups in total. The van der Waals surface area contributed by atoms with Gasteiger partial charge in [-0.3, -0.25) is 9.59 Å². The quantitative estimate of drug-likeness (QED) is 0.837. The molecule has 110 valence electrons. The maximum atomic E-state index is 12.1. The number of amides is 2. The maximum absolute atomic E-state index is 12.1.